The summed E-state index contributed by atoms with van der Waals surface area (Å²) >= 11 is 0. The molecule has 20 heteroatoms. The predicted molar refractivity (Wildman–Crippen MR) is 60.3 cm³/mol. The van der Waals surface area contributed by atoms with Crippen molar-refractivity contribution in [1.82, 2.24) is 0 Å². The third kappa shape index (κ3) is 66.2. The largest absolute Gasteiger partial charge is 0.539 e. The van der Waals surface area contributed by atoms with Crippen molar-refractivity contribution in [2.24, 2.45) is 0 Å². The summed E-state index contributed by atoms with van der Waals surface area (Å²) < 4.78 is 0. The van der Waals surface area contributed by atoms with E-state index < -0.39 is 47.8 Å². The molecule has 0 spiro atoms. The Morgan fingerprint density at radius 3 is 0.429 bits per heavy atom. The first kappa shape index (κ1) is 49.8. The second-order valence-electron chi connectivity index (χ2n) is 2.37. The maximum absolute atomic E-state index is 9.04. The van der Waals surface area contributed by atoms with E-state index in [0.717, 1.165) is 0 Å². The van der Waals surface area contributed by atoms with Crippen LogP contribution in [0, 0.1) is 0 Å². The van der Waals surface area contributed by atoms with Crippen molar-refractivity contribution in [2.75, 3.05) is 0 Å². The molecule has 0 rings (SSSR count). The molecule has 0 fully saturated rings. The number of carbonyl (C=O) groups is 8. The molecule has 0 aliphatic heterocycles. The van der Waals surface area contributed by atoms with Gasteiger partial charge in [-0.15, -0.1) is 0 Å². The van der Waals surface area contributed by atoms with Crippen molar-refractivity contribution in [3.63, 3.8) is 0 Å². The first-order valence-electron chi connectivity index (χ1n) is 4.34. The number of rotatable bonds is 0. The second-order valence-corrected chi connectivity index (χ2v) is 2.37. The zero-order valence-electron chi connectivity index (χ0n) is 12.4. The molecule has 0 aliphatic carbocycles. The average Bonchev–Trinajstić information content (AvgIpc) is 2.40. The fourth-order valence-corrected chi connectivity index (χ4v) is 0. The summed E-state index contributed by atoms with van der Waals surface area (Å²) in [7, 11) is 0. The van der Waals surface area contributed by atoms with Crippen molar-refractivity contribution in [3.8, 4) is 0 Å². The van der Waals surface area contributed by atoms with Gasteiger partial charge in [-0.2, -0.15) is 0 Å². The molecule has 0 aromatic rings. The summed E-state index contributed by atoms with van der Waals surface area (Å²) in [4.78, 5) is 72.1. The van der Waals surface area contributed by atoms with Crippen LogP contribution in [0.5, 0.6) is 0 Å². The topological polar surface area (TPSA) is 376 Å². The van der Waals surface area contributed by atoms with E-state index in [1.807, 2.05) is 0 Å². The minimum absolute atomic E-state index is 0. The van der Waals surface area contributed by atoms with Crippen molar-refractivity contribution >= 4 is 47.8 Å². The molecule has 0 aromatic carbocycles. The molecule has 10 N–H and O–H groups in total. The maximum Gasteiger partial charge on any atom is 0.351 e. The summed E-state index contributed by atoms with van der Waals surface area (Å²) in [5, 5.41) is 65.3. The number of carboxylic acids is 8. The van der Waals surface area contributed by atoms with E-state index in [9.17, 15) is 0 Å². The van der Waals surface area contributed by atoms with Gasteiger partial charge in [0.15, 0.2) is 23.9 Å². The van der Waals surface area contributed by atoms with Gasteiger partial charge in [0, 0.05) is 34.1 Å². The summed E-state index contributed by atoms with van der Waals surface area (Å²) in [5.41, 5.74) is 0. The van der Waals surface area contributed by atoms with Crippen LogP contribution in [0.2, 0.25) is 0 Å². The Bertz CT molecular complexity index is 394. The summed E-state index contributed by atoms with van der Waals surface area (Å²) in [6, 6.07) is 0. The summed E-state index contributed by atoms with van der Waals surface area (Å²) in [6.07, 6.45) is 0. The Morgan fingerprint density at radius 2 is 0.429 bits per heavy atom. The number of carboxylic acid groups (broad SMARTS) is 8. The number of hydrogen-bond donors (Lipinski definition) is 4. The van der Waals surface area contributed by atoms with Gasteiger partial charge in [0.25, 0.3) is 0 Å². The van der Waals surface area contributed by atoms with Gasteiger partial charge in [0.2, 0.25) is 0 Å². The quantitative estimate of drug-likeness (QED) is 0.130. The number of carbonyl (C=O) groups excluding carboxylic acids is 4. The molecule has 0 bridgehead atoms. The molecule has 0 aliphatic rings. The maximum atomic E-state index is 9.04. The van der Waals surface area contributed by atoms with Crippen LogP contribution in [0.15, 0.2) is 0 Å². The SMILES string of the molecule is O=C([O-])C(=O)O.O=C([O-])C(=O)O.O=C([O-])C(=O)O.O=C([O-])C(=O)O.[Cu].[Cu].[OH3+].[OH3+]. The van der Waals surface area contributed by atoms with Crippen LogP contribution >= 0.6 is 0 Å². The standard InChI is InChI=1S/4C2H2O4.2Cu.2H2O/c4*3-1(4)2(5)6;;;;/h4*(H,3,4)(H,5,6);;;2*1H2/p-2. The number of aliphatic carboxylic acids is 8. The molecule has 0 unspecified atom stereocenters. The van der Waals surface area contributed by atoms with Crippen LogP contribution < -0.4 is 20.4 Å². The van der Waals surface area contributed by atoms with Gasteiger partial charge >= 0.3 is 23.9 Å². The number of hydrogen-bond acceptors (Lipinski definition) is 12. The summed E-state index contributed by atoms with van der Waals surface area (Å²) in [5.74, 6) is -16.0. The van der Waals surface area contributed by atoms with Crippen LogP contribution in [0.3, 0.4) is 0 Å². The first-order chi connectivity index (χ1) is 10.6. The molecular formula is C8H10Cu2O18-2. The van der Waals surface area contributed by atoms with Gasteiger partial charge in [-0.05, 0) is 0 Å². The first-order valence-corrected chi connectivity index (χ1v) is 4.34. The van der Waals surface area contributed by atoms with Crippen LogP contribution in [0.4, 0.5) is 0 Å². The van der Waals surface area contributed by atoms with Gasteiger partial charge < -0.3 is 71.0 Å². The molecule has 0 heterocycles. The van der Waals surface area contributed by atoms with Crippen molar-refractivity contribution in [1.29, 1.82) is 0 Å². The third-order valence-electron chi connectivity index (χ3n) is 0.698. The Hall–Kier alpha value is -3.28. The zero-order valence-corrected chi connectivity index (χ0v) is 14.3. The van der Waals surface area contributed by atoms with Crippen LogP contribution in [-0.2, 0) is 83.4 Å². The van der Waals surface area contributed by atoms with E-state index in [-0.39, 0.29) is 45.1 Å². The normalized spacial score (nSPS) is 6.29. The van der Waals surface area contributed by atoms with E-state index in [4.69, 9.17) is 79.2 Å². The smallest absolute Gasteiger partial charge is 0.351 e. The third-order valence-corrected chi connectivity index (χ3v) is 0.698. The molecule has 0 aromatic heterocycles. The Balaban J connectivity index is -0.0000000303. The molecular weight excluding hydrogens is 511 g/mol. The van der Waals surface area contributed by atoms with E-state index >= 15 is 0 Å². The molecule has 0 saturated carbocycles. The van der Waals surface area contributed by atoms with E-state index in [2.05, 4.69) is 0 Å². The second kappa shape index (κ2) is 28.5. The van der Waals surface area contributed by atoms with Crippen LogP contribution in [0.1, 0.15) is 0 Å². The van der Waals surface area contributed by atoms with E-state index in [1.165, 1.54) is 0 Å². The Labute approximate surface area is 172 Å². The minimum Gasteiger partial charge on any atom is -0.539 e. The molecule has 174 valence electrons. The van der Waals surface area contributed by atoms with Crippen molar-refractivity contribution in [2.45, 2.75) is 0 Å². The van der Waals surface area contributed by atoms with Gasteiger partial charge in [-0.1, -0.05) is 0 Å². The van der Waals surface area contributed by atoms with Gasteiger partial charge in [0.1, 0.15) is 0 Å². The molecule has 28 heavy (non-hydrogen) atoms. The Morgan fingerprint density at radius 1 is 0.393 bits per heavy atom. The van der Waals surface area contributed by atoms with E-state index in [0.29, 0.717) is 0 Å². The zero-order chi connectivity index (χ0) is 20.6. The molecule has 0 saturated heterocycles. The van der Waals surface area contributed by atoms with Gasteiger partial charge in [0.05, 0.1) is 0 Å². The molecule has 2 radical (unpaired) electrons. The van der Waals surface area contributed by atoms with Gasteiger partial charge in [-0.3, -0.25) is 0 Å². The average molecular weight is 521 g/mol. The molecule has 0 amide bonds. The summed E-state index contributed by atoms with van der Waals surface area (Å²) in [6.45, 7) is 0. The van der Waals surface area contributed by atoms with Crippen molar-refractivity contribution < 1.29 is 124 Å². The predicted octanol–water partition coefficient (Wildman–Crippen LogP) is -10.6. The van der Waals surface area contributed by atoms with Crippen LogP contribution in [-0.4, -0.2) is 68.2 Å². The molecule has 18 nitrogen and oxygen atoms in total. The molecule has 0 atom stereocenters. The van der Waals surface area contributed by atoms with Crippen LogP contribution in [0.25, 0.3) is 0 Å². The Kier molecular flexibility index (Phi) is 50.7. The fraction of sp³-hybridized carbons (Fsp3) is 0. The minimum atomic E-state index is -2.07. The fourth-order valence-electron chi connectivity index (χ4n) is 0. The van der Waals surface area contributed by atoms with Crippen molar-refractivity contribution in [3.05, 3.63) is 0 Å². The van der Waals surface area contributed by atoms with Gasteiger partial charge in [-0.25, -0.2) is 19.2 Å². The van der Waals surface area contributed by atoms with E-state index in [1.54, 1.807) is 0 Å². The monoisotopic (exact) mass is 520 g/mol.